The minimum atomic E-state index is -0.0884. The van der Waals surface area contributed by atoms with Gasteiger partial charge in [0, 0.05) is 10.8 Å². The number of ether oxygens (including phenoxy) is 2. The van der Waals surface area contributed by atoms with Crippen molar-refractivity contribution in [1.29, 1.82) is 0 Å². The van der Waals surface area contributed by atoms with E-state index in [1.54, 1.807) is 0 Å². The predicted octanol–water partition coefficient (Wildman–Crippen LogP) is 3.34. The minimum Gasteiger partial charge on any atom is -0.463 e. The van der Waals surface area contributed by atoms with Crippen LogP contribution < -0.4 is 0 Å². The number of halogens is 1. The van der Waals surface area contributed by atoms with Gasteiger partial charge in [-0.25, -0.2) is 0 Å². The van der Waals surface area contributed by atoms with Crippen molar-refractivity contribution in [1.82, 2.24) is 0 Å². The number of hydrogen-bond acceptors (Lipinski definition) is 3. The number of unbranched alkanes of at least 4 members (excludes halogenated alkanes) is 4. The molecule has 0 N–H and O–H groups in total. The van der Waals surface area contributed by atoms with Gasteiger partial charge in [0.15, 0.2) is 0 Å². The van der Waals surface area contributed by atoms with Gasteiger partial charge in [0.1, 0.15) is 6.61 Å². The predicted molar refractivity (Wildman–Crippen MR) is 74.0 cm³/mol. The summed E-state index contributed by atoms with van der Waals surface area (Å²) in [5.74, 6) is -0.0884. The lowest BCUT2D eigenvalue weighted by Gasteiger charge is -2.05. The van der Waals surface area contributed by atoms with E-state index in [9.17, 15) is 4.79 Å². The molecular weight excluding hydrogens is 319 g/mol. The molecule has 0 saturated heterocycles. The largest absolute Gasteiger partial charge is 0.463 e. The summed E-state index contributed by atoms with van der Waals surface area (Å²) in [5.41, 5.74) is 0. The molecule has 0 aliphatic heterocycles. The molecule has 0 saturated carbocycles. The maximum Gasteiger partial charge on any atom is 0.305 e. The zero-order chi connectivity index (χ0) is 12.1. The molecule has 0 bridgehead atoms. The van der Waals surface area contributed by atoms with Crippen LogP contribution in [0.1, 0.15) is 45.4 Å². The van der Waals surface area contributed by atoms with Crippen molar-refractivity contribution < 1.29 is 14.3 Å². The van der Waals surface area contributed by atoms with Crippen molar-refractivity contribution in [2.45, 2.75) is 45.4 Å². The highest BCUT2D eigenvalue weighted by Gasteiger charge is 2.01. The van der Waals surface area contributed by atoms with E-state index < -0.39 is 0 Å². The van der Waals surface area contributed by atoms with Crippen LogP contribution in [0.2, 0.25) is 0 Å². The van der Waals surface area contributed by atoms with Gasteiger partial charge in [-0.2, -0.15) is 0 Å². The molecule has 0 unspecified atom stereocenters. The Hall–Kier alpha value is 0.160. The first-order chi connectivity index (χ1) is 7.81. The molecule has 3 nitrogen and oxygen atoms in total. The third kappa shape index (κ3) is 12.2. The summed E-state index contributed by atoms with van der Waals surface area (Å²) in [5, 5.41) is 0. The summed E-state index contributed by atoms with van der Waals surface area (Å²) < 4.78 is 11.2. The van der Waals surface area contributed by atoms with Crippen LogP contribution in [0, 0.1) is 0 Å². The first kappa shape index (κ1) is 16.2. The fraction of sp³-hybridized carbons (Fsp3) is 0.917. The van der Waals surface area contributed by atoms with E-state index in [1.165, 1.54) is 19.3 Å². The first-order valence-corrected chi connectivity index (χ1v) is 7.63. The number of carbonyl (C=O) groups is 1. The van der Waals surface area contributed by atoms with Crippen molar-refractivity contribution in [3.8, 4) is 0 Å². The van der Waals surface area contributed by atoms with E-state index in [0.29, 0.717) is 19.6 Å². The lowest BCUT2D eigenvalue weighted by atomic mass is 10.1. The van der Waals surface area contributed by atoms with Gasteiger partial charge in [-0.3, -0.25) is 4.79 Å². The van der Waals surface area contributed by atoms with Gasteiger partial charge in [0.2, 0.25) is 0 Å². The number of rotatable bonds is 11. The summed E-state index contributed by atoms with van der Waals surface area (Å²) in [7, 11) is 0. The molecule has 96 valence electrons. The number of esters is 1. The second kappa shape index (κ2) is 13.2. The average Bonchev–Trinajstić information content (AvgIpc) is 2.28. The van der Waals surface area contributed by atoms with Crippen LogP contribution in [0.3, 0.4) is 0 Å². The molecule has 0 heterocycles. The molecule has 0 atom stereocenters. The van der Waals surface area contributed by atoms with Crippen LogP contribution >= 0.6 is 22.6 Å². The molecular formula is C12H23IO3. The second-order valence-electron chi connectivity index (χ2n) is 3.69. The van der Waals surface area contributed by atoms with E-state index in [4.69, 9.17) is 9.47 Å². The summed E-state index contributed by atoms with van der Waals surface area (Å²) >= 11 is 2.25. The Balaban J connectivity index is 3.12. The molecule has 0 radical (unpaired) electrons. The molecule has 0 aromatic heterocycles. The number of carbonyl (C=O) groups excluding carboxylic acids is 1. The Bertz CT molecular complexity index is 146. The van der Waals surface area contributed by atoms with Crippen molar-refractivity contribution in [3.05, 3.63) is 0 Å². The average molecular weight is 342 g/mol. The summed E-state index contributed by atoms with van der Waals surface area (Å²) in [6.45, 7) is 3.83. The fourth-order valence-corrected chi connectivity index (χ4v) is 1.63. The lowest BCUT2D eigenvalue weighted by molar-refractivity contribution is -0.145. The Kier molecular flexibility index (Phi) is 13.4. The van der Waals surface area contributed by atoms with Crippen molar-refractivity contribution in [2.75, 3.05) is 24.2 Å². The number of alkyl halides is 1. The molecule has 0 aromatic carbocycles. The molecule has 0 fully saturated rings. The van der Waals surface area contributed by atoms with E-state index in [-0.39, 0.29) is 5.97 Å². The molecule has 4 heteroatoms. The smallest absolute Gasteiger partial charge is 0.305 e. The van der Waals surface area contributed by atoms with Gasteiger partial charge >= 0.3 is 5.97 Å². The molecule has 0 amide bonds. The standard InChI is InChI=1S/C12H23IO3/c1-2-3-4-5-6-7-12(14)16-11-10-15-9-8-13/h2-11H2,1H3. The quantitative estimate of drug-likeness (QED) is 0.250. The Morgan fingerprint density at radius 2 is 1.81 bits per heavy atom. The van der Waals surface area contributed by atoms with Crippen LogP contribution in [-0.2, 0) is 14.3 Å². The highest BCUT2D eigenvalue weighted by molar-refractivity contribution is 14.1. The normalized spacial score (nSPS) is 10.4. The Morgan fingerprint density at radius 1 is 1.06 bits per heavy atom. The van der Waals surface area contributed by atoms with E-state index in [1.807, 2.05) is 0 Å². The SMILES string of the molecule is CCCCCCCC(=O)OCCOCCI. The van der Waals surface area contributed by atoms with E-state index in [0.717, 1.165) is 23.9 Å². The van der Waals surface area contributed by atoms with Gasteiger partial charge in [-0.1, -0.05) is 55.2 Å². The maximum absolute atomic E-state index is 11.2. The van der Waals surface area contributed by atoms with Gasteiger partial charge < -0.3 is 9.47 Å². The van der Waals surface area contributed by atoms with E-state index >= 15 is 0 Å². The van der Waals surface area contributed by atoms with E-state index in [2.05, 4.69) is 29.5 Å². The molecule has 0 spiro atoms. The van der Waals surface area contributed by atoms with Crippen LogP contribution in [0.25, 0.3) is 0 Å². The topological polar surface area (TPSA) is 35.5 Å². The van der Waals surface area contributed by atoms with Gasteiger partial charge in [-0.15, -0.1) is 0 Å². The third-order valence-electron chi connectivity index (χ3n) is 2.20. The summed E-state index contributed by atoms with van der Waals surface area (Å²) in [6.07, 6.45) is 6.36. The molecule has 16 heavy (non-hydrogen) atoms. The zero-order valence-corrected chi connectivity index (χ0v) is 12.3. The highest BCUT2D eigenvalue weighted by atomic mass is 127. The first-order valence-electron chi connectivity index (χ1n) is 6.10. The van der Waals surface area contributed by atoms with Crippen LogP contribution in [0.5, 0.6) is 0 Å². The molecule has 0 aromatic rings. The lowest BCUT2D eigenvalue weighted by Crippen LogP contribution is -2.11. The monoisotopic (exact) mass is 342 g/mol. The van der Waals surface area contributed by atoms with Crippen LogP contribution in [0.15, 0.2) is 0 Å². The molecule has 0 aliphatic rings. The molecule has 0 aliphatic carbocycles. The third-order valence-corrected chi connectivity index (χ3v) is 2.64. The highest BCUT2D eigenvalue weighted by Crippen LogP contribution is 2.05. The summed E-state index contributed by atoms with van der Waals surface area (Å²) in [6, 6.07) is 0. The van der Waals surface area contributed by atoms with Crippen LogP contribution in [0.4, 0.5) is 0 Å². The van der Waals surface area contributed by atoms with Crippen molar-refractivity contribution in [2.24, 2.45) is 0 Å². The summed E-state index contributed by atoms with van der Waals surface area (Å²) in [4.78, 5) is 11.2. The van der Waals surface area contributed by atoms with Crippen molar-refractivity contribution in [3.63, 3.8) is 0 Å². The number of hydrogen-bond donors (Lipinski definition) is 0. The van der Waals surface area contributed by atoms with Crippen molar-refractivity contribution >= 4 is 28.6 Å². The molecule has 0 rings (SSSR count). The van der Waals surface area contributed by atoms with Gasteiger partial charge in [0.05, 0.1) is 13.2 Å². The van der Waals surface area contributed by atoms with Crippen LogP contribution in [-0.4, -0.2) is 30.2 Å². The Labute approximate surface area is 112 Å². The zero-order valence-electron chi connectivity index (χ0n) is 10.2. The Morgan fingerprint density at radius 3 is 2.50 bits per heavy atom. The minimum absolute atomic E-state index is 0.0884. The fourth-order valence-electron chi connectivity index (χ4n) is 1.32. The van der Waals surface area contributed by atoms with Gasteiger partial charge in [-0.05, 0) is 6.42 Å². The second-order valence-corrected chi connectivity index (χ2v) is 4.76. The van der Waals surface area contributed by atoms with Gasteiger partial charge in [0.25, 0.3) is 0 Å². The maximum atomic E-state index is 11.2.